The summed E-state index contributed by atoms with van der Waals surface area (Å²) in [4.78, 5) is 10.8. The topological polar surface area (TPSA) is 83.5 Å². The van der Waals surface area contributed by atoms with Crippen molar-refractivity contribution in [1.29, 1.82) is 0 Å². The molecule has 0 saturated carbocycles. The Morgan fingerprint density at radius 1 is 1.38 bits per heavy atom. The Morgan fingerprint density at radius 2 is 1.94 bits per heavy atom. The Labute approximate surface area is 97.3 Å². The Balaban J connectivity index is 4.44. The lowest BCUT2D eigenvalue weighted by atomic mass is 10.1. The van der Waals surface area contributed by atoms with E-state index in [0.29, 0.717) is 12.8 Å². The van der Waals surface area contributed by atoms with Crippen LogP contribution in [-0.4, -0.2) is 31.3 Å². The summed E-state index contributed by atoms with van der Waals surface area (Å²) in [6.07, 6.45) is 1.88. The predicted molar refractivity (Wildman–Crippen MR) is 62.7 cm³/mol. The van der Waals surface area contributed by atoms with Gasteiger partial charge in [0.1, 0.15) is 6.04 Å². The molecule has 0 aliphatic carbocycles. The monoisotopic (exact) mass is 251 g/mol. The molecule has 0 aliphatic heterocycles. The lowest BCUT2D eigenvalue weighted by Crippen LogP contribution is -2.42. The number of unbranched alkanes of at least 4 members (excludes halogenated alkanes) is 1. The molecule has 6 heteroatoms. The largest absolute Gasteiger partial charge is 0.480 e. The van der Waals surface area contributed by atoms with Crippen molar-refractivity contribution >= 4 is 16.0 Å². The fourth-order valence-corrected chi connectivity index (χ4v) is 2.97. The predicted octanol–water partition coefficient (Wildman–Crippen LogP) is 1.21. The van der Waals surface area contributed by atoms with Crippen LogP contribution < -0.4 is 4.72 Å². The number of carboxylic acid groups (broad SMARTS) is 1. The molecule has 96 valence electrons. The maximum Gasteiger partial charge on any atom is 0.321 e. The van der Waals surface area contributed by atoms with E-state index in [0.717, 1.165) is 6.42 Å². The first-order valence-corrected chi connectivity index (χ1v) is 7.16. The number of hydrogen-bond donors (Lipinski definition) is 2. The summed E-state index contributed by atoms with van der Waals surface area (Å²) in [5.74, 6) is -1.16. The number of nitrogens with one attached hydrogen (secondary N) is 1. The summed E-state index contributed by atoms with van der Waals surface area (Å²) in [5.41, 5.74) is 0. The highest BCUT2D eigenvalue weighted by Crippen LogP contribution is 2.05. The molecule has 0 radical (unpaired) electrons. The summed E-state index contributed by atoms with van der Waals surface area (Å²) in [6, 6.07) is -0.997. The van der Waals surface area contributed by atoms with Gasteiger partial charge in [0.25, 0.3) is 0 Å². The fraction of sp³-hybridized carbons (Fsp3) is 0.900. The number of aliphatic carboxylic acids is 1. The van der Waals surface area contributed by atoms with Crippen molar-refractivity contribution in [3.8, 4) is 0 Å². The van der Waals surface area contributed by atoms with Gasteiger partial charge in [-0.1, -0.05) is 33.6 Å². The van der Waals surface area contributed by atoms with Crippen LogP contribution in [0.4, 0.5) is 0 Å². The first-order chi connectivity index (χ1) is 7.28. The van der Waals surface area contributed by atoms with E-state index in [2.05, 4.69) is 4.72 Å². The summed E-state index contributed by atoms with van der Waals surface area (Å²) in [6.45, 7) is 5.49. The molecule has 5 nitrogen and oxygen atoms in total. The van der Waals surface area contributed by atoms with E-state index in [1.165, 1.54) is 0 Å². The van der Waals surface area contributed by atoms with Gasteiger partial charge >= 0.3 is 5.97 Å². The molecule has 1 unspecified atom stereocenters. The Bertz CT molecular complexity index is 311. The molecular formula is C10H21NO4S. The number of carbonyl (C=O) groups is 1. The second-order valence-electron chi connectivity index (χ2n) is 4.33. The van der Waals surface area contributed by atoms with Crippen LogP contribution in [0, 0.1) is 5.92 Å². The fourth-order valence-electron chi connectivity index (χ4n) is 1.34. The molecule has 0 bridgehead atoms. The van der Waals surface area contributed by atoms with E-state index >= 15 is 0 Å². The molecule has 0 heterocycles. The maximum atomic E-state index is 11.5. The molecule has 1 atom stereocenters. The van der Waals surface area contributed by atoms with Crippen LogP contribution in [0.15, 0.2) is 0 Å². The van der Waals surface area contributed by atoms with Gasteiger partial charge in [-0.25, -0.2) is 13.1 Å². The van der Waals surface area contributed by atoms with Crippen molar-refractivity contribution in [3.05, 3.63) is 0 Å². The Morgan fingerprint density at radius 3 is 2.31 bits per heavy atom. The van der Waals surface area contributed by atoms with Crippen molar-refractivity contribution in [3.63, 3.8) is 0 Å². The van der Waals surface area contributed by atoms with Crippen LogP contribution in [0.2, 0.25) is 0 Å². The van der Waals surface area contributed by atoms with E-state index in [1.54, 1.807) is 13.8 Å². The maximum absolute atomic E-state index is 11.5. The number of carboxylic acids is 1. The zero-order valence-electron chi connectivity index (χ0n) is 10.1. The smallest absolute Gasteiger partial charge is 0.321 e. The van der Waals surface area contributed by atoms with Crippen molar-refractivity contribution in [2.75, 3.05) is 5.75 Å². The summed E-state index contributed by atoms with van der Waals surface area (Å²) in [7, 11) is -3.49. The normalized spacial score (nSPS) is 14.0. The van der Waals surface area contributed by atoms with Crippen LogP contribution in [0.25, 0.3) is 0 Å². The molecule has 0 rings (SSSR count). The van der Waals surface area contributed by atoms with Gasteiger partial charge in [-0.05, 0) is 12.3 Å². The minimum absolute atomic E-state index is 0.0156. The van der Waals surface area contributed by atoms with Crippen LogP contribution in [-0.2, 0) is 14.8 Å². The molecule has 0 aromatic carbocycles. The van der Waals surface area contributed by atoms with E-state index < -0.39 is 22.0 Å². The molecule has 0 spiro atoms. The zero-order chi connectivity index (χ0) is 12.8. The number of hydrogen-bond acceptors (Lipinski definition) is 3. The molecular weight excluding hydrogens is 230 g/mol. The van der Waals surface area contributed by atoms with Crippen LogP contribution in [0.5, 0.6) is 0 Å². The lowest BCUT2D eigenvalue weighted by molar-refractivity contribution is -0.139. The summed E-state index contributed by atoms with van der Waals surface area (Å²) < 4.78 is 25.3. The van der Waals surface area contributed by atoms with Crippen molar-refractivity contribution in [2.24, 2.45) is 5.92 Å². The van der Waals surface area contributed by atoms with Crippen molar-refractivity contribution in [2.45, 2.75) is 46.1 Å². The molecule has 0 saturated heterocycles. The standard InChI is InChI=1S/C10H21NO4S/c1-4-5-6-9(10(12)13)11-16(14,15)7-8(2)3/h8-9,11H,4-7H2,1-3H3,(H,12,13). The second-order valence-corrected chi connectivity index (χ2v) is 6.12. The first kappa shape index (κ1) is 15.4. The zero-order valence-corrected chi connectivity index (χ0v) is 10.9. The quantitative estimate of drug-likeness (QED) is 0.679. The van der Waals surface area contributed by atoms with Gasteiger partial charge in [0, 0.05) is 0 Å². The van der Waals surface area contributed by atoms with Gasteiger partial charge in [-0.15, -0.1) is 0 Å². The summed E-state index contributed by atoms with van der Waals surface area (Å²) >= 11 is 0. The highest BCUT2D eigenvalue weighted by Gasteiger charge is 2.23. The average Bonchev–Trinajstić information content (AvgIpc) is 2.09. The van der Waals surface area contributed by atoms with E-state index in [9.17, 15) is 13.2 Å². The highest BCUT2D eigenvalue weighted by molar-refractivity contribution is 7.89. The third kappa shape index (κ3) is 6.79. The van der Waals surface area contributed by atoms with Crippen molar-refractivity contribution < 1.29 is 18.3 Å². The van der Waals surface area contributed by atoms with E-state index in [4.69, 9.17) is 5.11 Å². The molecule has 2 N–H and O–H groups in total. The SMILES string of the molecule is CCCCC(NS(=O)(=O)CC(C)C)C(=O)O. The molecule has 0 amide bonds. The van der Waals surface area contributed by atoms with Gasteiger partial charge in [-0.2, -0.15) is 0 Å². The molecule has 0 fully saturated rings. The molecule has 16 heavy (non-hydrogen) atoms. The number of rotatable bonds is 8. The van der Waals surface area contributed by atoms with E-state index in [1.807, 2.05) is 6.92 Å². The minimum Gasteiger partial charge on any atom is -0.480 e. The van der Waals surface area contributed by atoms with Gasteiger partial charge in [0.15, 0.2) is 0 Å². The van der Waals surface area contributed by atoms with Crippen LogP contribution in [0.1, 0.15) is 40.0 Å². The number of sulfonamides is 1. The van der Waals surface area contributed by atoms with Crippen molar-refractivity contribution in [1.82, 2.24) is 4.72 Å². The van der Waals surface area contributed by atoms with Gasteiger partial charge in [0.05, 0.1) is 5.75 Å². The molecule has 0 aromatic rings. The second kappa shape index (κ2) is 6.85. The van der Waals surface area contributed by atoms with Gasteiger partial charge < -0.3 is 5.11 Å². The van der Waals surface area contributed by atoms with E-state index in [-0.39, 0.29) is 11.7 Å². The lowest BCUT2D eigenvalue weighted by Gasteiger charge is -2.15. The highest BCUT2D eigenvalue weighted by atomic mass is 32.2. The summed E-state index contributed by atoms with van der Waals surface area (Å²) in [5, 5.41) is 8.87. The average molecular weight is 251 g/mol. The third-order valence-corrected chi connectivity index (χ3v) is 3.77. The van der Waals surface area contributed by atoms with Crippen LogP contribution >= 0.6 is 0 Å². The van der Waals surface area contributed by atoms with Crippen LogP contribution in [0.3, 0.4) is 0 Å². The van der Waals surface area contributed by atoms with Gasteiger partial charge in [0.2, 0.25) is 10.0 Å². The Hall–Kier alpha value is -0.620. The minimum atomic E-state index is -3.49. The first-order valence-electron chi connectivity index (χ1n) is 5.51. The molecule has 0 aromatic heterocycles. The third-order valence-electron chi connectivity index (χ3n) is 2.02. The van der Waals surface area contributed by atoms with Gasteiger partial charge in [-0.3, -0.25) is 4.79 Å². The molecule has 0 aliphatic rings. The Kier molecular flexibility index (Phi) is 6.59.